The van der Waals surface area contributed by atoms with Gasteiger partial charge in [0.25, 0.3) is 0 Å². The molecule has 35 heavy (non-hydrogen) atoms. The average Bonchev–Trinajstić information content (AvgIpc) is 2.81. The van der Waals surface area contributed by atoms with Crippen molar-refractivity contribution in [3.8, 4) is 11.5 Å². The number of carboxylic acids is 2. The van der Waals surface area contributed by atoms with E-state index in [1.807, 2.05) is 12.1 Å². The van der Waals surface area contributed by atoms with Crippen molar-refractivity contribution in [3.63, 3.8) is 0 Å². The van der Waals surface area contributed by atoms with Crippen molar-refractivity contribution < 1.29 is 43.5 Å². The zero-order valence-electron chi connectivity index (χ0n) is 19.4. The molecule has 2 aromatic carbocycles. The first-order valence-electron chi connectivity index (χ1n) is 11.8. The molecule has 3 heterocycles. The Balaban J connectivity index is 1.58. The molecule has 2 atom stereocenters. The molecule has 9 nitrogen and oxygen atoms in total. The van der Waals surface area contributed by atoms with Gasteiger partial charge in [-0.05, 0) is 60.1 Å². The second-order valence-corrected chi connectivity index (χ2v) is 8.45. The van der Waals surface area contributed by atoms with Gasteiger partial charge in [0.05, 0.1) is 39.6 Å². The normalized spacial score (nSPS) is 21.7. The van der Waals surface area contributed by atoms with E-state index in [9.17, 15) is 19.8 Å². The quantitative estimate of drug-likeness (QED) is 0.656. The van der Waals surface area contributed by atoms with Gasteiger partial charge in [-0.3, -0.25) is 0 Å². The molecule has 1 saturated carbocycles. The monoisotopic (exact) mass is 486 g/mol. The van der Waals surface area contributed by atoms with E-state index in [4.69, 9.17) is 23.7 Å². The molecule has 1 fully saturated rings. The third kappa shape index (κ3) is 6.30. The maximum absolute atomic E-state index is 11.9. The molecule has 0 saturated heterocycles. The molecule has 0 amide bonds. The van der Waals surface area contributed by atoms with E-state index in [1.54, 1.807) is 24.3 Å². The second kappa shape index (κ2) is 12.0. The van der Waals surface area contributed by atoms with Crippen LogP contribution in [0.3, 0.4) is 0 Å². The van der Waals surface area contributed by atoms with Gasteiger partial charge in [0.2, 0.25) is 0 Å². The summed E-state index contributed by atoms with van der Waals surface area (Å²) in [6.45, 7) is 2.62. The van der Waals surface area contributed by atoms with E-state index in [0.29, 0.717) is 51.1 Å². The molecule has 1 aliphatic carbocycles. The van der Waals surface area contributed by atoms with Crippen molar-refractivity contribution in [1.82, 2.24) is 0 Å². The molecule has 2 aromatic rings. The SMILES string of the molecule is O=C(O)c1cc2ccc1OCCOCCOCCOCCOc1ccc(cc1C(=O)O)[C@@H]1CC[C@H]21. The summed E-state index contributed by atoms with van der Waals surface area (Å²) in [5.41, 5.74) is 1.99. The van der Waals surface area contributed by atoms with Gasteiger partial charge in [0, 0.05) is 0 Å². The number of carbonyl (C=O) groups is 2. The lowest BCUT2D eigenvalue weighted by molar-refractivity contribution is 0.00486. The summed E-state index contributed by atoms with van der Waals surface area (Å²) >= 11 is 0. The number of carboxylic acid groups (broad SMARTS) is 2. The molecule has 6 rings (SSSR count). The maximum atomic E-state index is 11.9. The van der Waals surface area contributed by atoms with E-state index in [-0.39, 0.29) is 36.2 Å². The van der Waals surface area contributed by atoms with Crippen LogP contribution in [-0.2, 0) is 14.2 Å². The van der Waals surface area contributed by atoms with E-state index in [0.717, 1.165) is 24.0 Å². The van der Waals surface area contributed by atoms with Crippen LogP contribution in [0.4, 0.5) is 0 Å². The number of fused-ring (bicyclic) bond motifs is 2. The van der Waals surface area contributed by atoms with Gasteiger partial charge in [-0.15, -0.1) is 0 Å². The Labute approximate surface area is 203 Å². The van der Waals surface area contributed by atoms with Crippen LogP contribution in [-0.4, -0.2) is 75.0 Å². The first-order chi connectivity index (χ1) is 17.0. The summed E-state index contributed by atoms with van der Waals surface area (Å²) in [7, 11) is 0. The fourth-order valence-electron chi connectivity index (χ4n) is 4.40. The highest BCUT2D eigenvalue weighted by Crippen LogP contribution is 2.50. The second-order valence-electron chi connectivity index (χ2n) is 8.45. The zero-order valence-corrected chi connectivity index (χ0v) is 19.4. The molecule has 0 spiro atoms. The van der Waals surface area contributed by atoms with Crippen LogP contribution in [0, 0.1) is 0 Å². The van der Waals surface area contributed by atoms with E-state index in [2.05, 4.69) is 0 Å². The van der Waals surface area contributed by atoms with Crippen LogP contribution in [0.25, 0.3) is 0 Å². The van der Waals surface area contributed by atoms with E-state index < -0.39 is 11.9 Å². The third-order valence-electron chi connectivity index (χ3n) is 6.31. The smallest absolute Gasteiger partial charge is 0.339 e. The number of rotatable bonds is 2. The van der Waals surface area contributed by atoms with Crippen LogP contribution in [0.2, 0.25) is 0 Å². The van der Waals surface area contributed by atoms with Gasteiger partial charge in [-0.1, -0.05) is 12.1 Å². The Morgan fingerprint density at radius 3 is 1.31 bits per heavy atom. The summed E-state index contributed by atoms with van der Waals surface area (Å²) in [5.74, 6) is -1.35. The van der Waals surface area contributed by atoms with Gasteiger partial charge in [0.1, 0.15) is 35.8 Å². The predicted octanol–water partition coefficient (Wildman–Crippen LogP) is 3.57. The Kier molecular flexibility index (Phi) is 8.57. The number of hydrogen-bond acceptors (Lipinski definition) is 7. The summed E-state index contributed by atoms with van der Waals surface area (Å²) in [5, 5.41) is 19.5. The van der Waals surface area contributed by atoms with Gasteiger partial charge in [-0.25, -0.2) is 9.59 Å². The lowest BCUT2D eigenvalue weighted by atomic mass is 9.66. The Morgan fingerprint density at radius 1 is 0.600 bits per heavy atom. The highest BCUT2D eigenvalue weighted by molar-refractivity contribution is 5.92. The molecular weight excluding hydrogens is 456 g/mol. The molecule has 0 radical (unpaired) electrons. The maximum Gasteiger partial charge on any atom is 0.339 e. The lowest BCUT2D eigenvalue weighted by Crippen LogP contribution is -2.23. The summed E-state index contributed by atoms with van der Waals surface area (Å²) in [6, 6.07) is 10.5. The van der Waals surface area contributed by atoms with Crippen LogP contribution < -0.4 is 9.47 Å². The number of aromatic carboxylic acids is 2. The minimum Gasteiger partial charge on any atom is -0.490 e. The average molecular weight is 487 g/mol. The van der Waals surface area contributed by atoms with Crippen molar-refractivity contribution in [3.05, 3.63) is 58.7 Å². The summed E-state index contributed by atoms with van der Waals surface area (Å²) in [6.07, 6.45) is 1.77. The Bertz CT molecular complexity index is 954. The van der Waals surface area contributed by atoms with Crippen LogP contribution in [0.15, 0.2) is 36.4 Å². The first-order valence-corrected chi connectivity index (χ1v) is 11.8. The van der Waals surface area contributed by atoms with Crippen molar-refractivity contribution in [2.45, 2.75) is 24.7 Å². The zero-order chi connectivity index (χ0) is 24.6. The van der Waals surface area contributed by atoms with Crippen molar-refractivity contribution >= 4 is 11.9 Å². The van der Waals surface area contributed by atoms with Gasteiger partial charge < -0.3 is 33.9 Å². The van der Waals surface area contributed by atoms with Gasteiger partial charge in [0.15, 0.2) is 0 Å². The molecular formula is C26H30O9. The first kappa shape index (κ1) is 25.0. The largest absolute Gasteiger partial charge is 0.490 e. The van der Waals surface area contributed by atoms with Gasteiger partial charge >= 0.3 is 11.9 Å². The van der Waals surface area contributed by atoms with Gasteiger partial charge in [-0.2, -0.15) is 0 Å². The molecule has 9 heteroatoms. The topological polar surface area (TPSA) is 121 Å². The minimum absolute atomic E-state index is 0.0916. The van der Waals surface area contributed by atoms with Crippen LogP contribution in [0.1, 0.15) is 56.5 Å². The van der Waals surface area contributed by atoms with Crippen LogP contribution >= 0.6 is 0 Å². The molecule has 188 valence electrons. The van der Waals surface area contributed by atoms with Crippen LogP contribution in [0.5, 0.6) is 11.5 Å². The number of benzene rings is 2. The lowest BCUT2D eigenvalue weighted by Gasteiger charge is -2.38. The van der Waals surface area contributed by atoms with E-state index >= 15 is 0 Å². The Hall–Kier alpha value is -3.14. The van der Waals surface area contributed by atoms with Crippen molar-refractivity contribution in [1.29, 1.82) is 0 Å². The molecule has 3 aliphatic heterocycles. The van der Waals surface area contributed by atoms with Crippen molar-refractivity contribution in [2.75, 3.05) is 52.9 Å². The minimum atomic E-state index is -1.06. The Morgan fingerprint density at radius 2 is 0.971 bits per heavy atom. The number of ether oxygens (including phenoxy) is 5. The molecule has 0 aromatic heterocycles. The predicted molar refractivity (Wildman–Crippen MR) is 125 cm³/mol. The summed E-state index contributed by atoms with van der Waals surface area (Å²) in [4.78, 5) is 23.8. The van der Waals surface area contributed by atoms with Crippen molar-refractivity contribution in [2.24, 2.45) is 0 Å². The highest BCUT2D eigenvalue weighted by Gasteiger charge is 2.35. The molecule has 4 aliphatic rings. The third-order valence-corrected chi connectivity index (χ3v) is 6.31. The number of hydrogen-bond donors (Lipinski definition) is 2. The fraction of sp³-hybridized carbons (Fsp3) is 0.462. The molecule has 0 unspecified atom stereocenters. The van der Waals surface area contributed by atoms with E-state index in [1.165, 1.54) is 0 Å². The molecule has 2 N–H and O–H groups in total. The highest BCUT2D eigenvalue weighted by atomic mass is 16.6. The summed E-state index contributed by atoms with van der Waals surface area (Å²) < 4.78 is 27.7. The standard InChI is InChI=1S/C26H30O9/c27-25(28)21-15-17-1-5-23(21)34-13-11-32-9-7-31-8-10-33-12-14-35-24-6-2-18(16-22(24)26(29)30)20-4-3-19(17)20/h1-2,5-6,15-16,19-20H,3-4,7-14H2,(H,27,28)(H,29,30)/t19-,20+. The molecule has 4 bridgehead atoms. The fourth-order valence-corrected chi connectivity index (χ4v) is 4.40.